The summed E-state index contributed by atoms with van der Waals surface area (Å²) in [5, 5.41) is 12.3. The Morgan fingerprint density at radius 2 is 2.10 bits per heavy atom. The maximum atomic E-state index is 12.7. The first kappa shape index (κ1) is 30.1. The molecule has 1 aliphatic heterocycles. The zero-order valence-corrected chi connectivity index (χ0v) is 23.3. The lowest BCUT2D eigenvalue weighted by Gasteiger charge is -2.15. The van der Waals surface area contributed by atoms with E-state index in [9.17, 15) is 23.7 Å². The van der Waals surface area contributed by atoms with Gasteiger partial charge in [-0.25, -0.2) is 9.20 Å². The molecule has 0 saturated carbocycles. The summed E-state index contributed by atoms with van der Waals surface area (Å²) in [4.78, 5) is 42.5. The Morgan fingerprint density at radius 1 is 1.35 bits per heavy atom. The number of amidine groups is 1. The number of carbonyl (C=O) groups excluding carboxylic acids is 3. The molecule has 1 aromatic heterocycles. The van der Waals surface area contributed by atoms with E-state index in [1.807, 2.05) is 0 Å². The summed E-state index contributed by atoms with van der Waals surface area (Å²) >= 11 is 0. The summed E-state index contributed by atoms with van der Waals surface area (Å²) in [6.07, 6.45) is 3.70. The fourth-order valence-corrected chi connectivity index (χ4v) is 4.75. The summed E-state index contributed by atoms with van der Waals surface area (Å²) in [6, 6.07) is 8.55. The minimum absolute atomic E-state index is 0.0441. The summed E-state index contributed by atoms with van der Waals surface area (Å²) < 4.78 is 21.6. The smallest absolute Gasteiger partial charge is 0.291 e. The van der Waals surface area contributed by atoms with Crippen molar-refractivity contribution in [2.45, 2.75) is 26.4 Å². The van der Waals surface area contributed by atoms with Crippen molar-refractivity contribution in [1.29, 1.82) is 0 Å². The second-order valence-corrected chi connectivity index (χ2v) is 11.7. The second-order valence-electron chi connectivity index (χ2n) is 9.31. The molecular weight excluding hydrogens is 534 g/mol. The van der Waals surface area contributed by atoms with Gasteiger partial charge >= 0.3 is 0 Å². The van der Waals surface area contributed by atoms with E-state index >= 15 is 0 Å². The minimum Gasteiger partial charge on any atom is -0.459 e. The average Bonchev–Trinajstić information content (AvgIpc) is 3.53. The second kappa shape index (κ2) is 13.1. The molecule has 1 unspecified atom stereocenters. The molecule has 2 heterocycles. The standard InChI is InChI=1S/C28H31N5O6S/c1-18-11-13-39-25(18)28(37)31-22-7-5-6-21(14-22)9-8-19(2)26(29)30-15-20(3)27(36)32-40(4,38)17-24(35)33-12-10-23(34)16-33/h5-7,11,13-15,23,34H,2,10,12,16-17H2,1,3-4H3,(H2,29,30)(H,31,37)/b20-15+/t23-,40?/m0/s1. The third-order valence-electron chi connectivity index (χ3n) is 5.77. The van der Waals surface area contributed by atoms with Gasteiger partial charge in [-0.1, -0.05) is 24.5 Å². The van der Waals surface area contributed by atoms with Gasteiger partial charge in [-0.3, -0.25) is 14.4 Å². The molecule has 2 aromatic rings. The first-order valence-electron chi connectivity index (χ1n) is 12.2. The van der Waals surface area contributed by atoms with Gasteiger partial charge in [0.2, 0.25) is 5.91 Å². The number of aryl methyl sites for hydroxylation is 1. The highest BCUT2D eigenvalue weighted by atomic mass is 32.2. The van der Waals surface area contributed by atoms with Crippen LogP contribution in [0.4, 0.5) is 5.69 Å². The SMILES string of the molecule is C=C(C#Cc1cccc(NC(=O)c2occc2C)c1)C(N)=N/C=C(\C)C(=O)N=S(C)(=O)CC(=O)N1CC[C@H](O)C1. The molecule has 12 heteroatoms. The van der Waals surface area contributed by atoms with Crippen LogP contribution in [0.1, 0.15) is 35.0 Å². The molecule has 0 spiro atoms. The maximum Gasteiger partial charge on any atom is 0.291 e. The van der Waals surface area contributed by atoms with Crippen molar-refractivity contribution in [3.8, 4) is 11.8 Å². The number of β-amino-alcohol motifs (C(OH)–C–C–N with tert-alkyl or cyclic N) is 1. The number of nitrogens with zero attached hydrogens (tertiary/aromatic N) is 3. The van der Waals surface area contributed by atoms with E-state index in [2.05, 4.69) is 33.1 Å². The van der Waals surface area contributed by atoms with Crippen molar-refractivity contribution in [2.75, 3.05) is 30.4 Å². The molecule has 1 aromatic carbocycles. The number of hydrogen-bond donors (Lipinski definition) is 3. The molecule has 1 saturated heterocycles. The Kier molecular flexibility index (Phi) is 9.82. The van der Waals surface area contributed by atoms with Crippen molar-refractivity contribution in [2.24, 2.45) is 15.1 Å². The van der Waals surface area contributed by atoms with Crippen LogP contribution in [0, 0.1) is 18.8 Å². The Hall–Kier alpha value is -4.47. The molecule has 3 amide bonds. The number of amides is 3. The minimum atomic E-state index is -3.14. The predicted octanol–water partition coefficient (Wildman–Crippen LogP) is 2.23. The highest BCUT2D eigenvalue weighted by Crippen LogP contribution is 2.15. The first-order chi connectivity index (χ1) is 18.8. The van der Waals surface area contributed by atoms with Gasteiger partial charge in [0.25, 0.3) is 11.8 Å². The number of benzene rings is 1. The van der Waals surface area contributed by atoms with Crippen LogP contribution in [0.5, 0.6) is 0 Å². The van der Waals surface area contributed by atoms with Crippen LogP contribution in [0.3, 0.4) is 0 Å². The first-order valence-corrected chi connectivity index (χ1v) is 14.3. The molecule has 11 nitrogen and oxygen atoms in total. The van der Waals surface area contributed by atoms with E-state index in [4.69, 9.17) is 10.2 Å². The zero-order chi connectivity index (χ0) is 29.4. The number of aliphatic imine (C=N–C) groups is 1. The maximum absolute atomic E-state index is 12.7. The molecule has 0 bridgehead atoms. The van der Waals surface area contributed by atoms with Crippen molar-refractivity contribution in [3.05, 3.63) is 77.4 Å². The van der Waals surface area contributed by atoms with E-state index in [-0.39, 0.29) is 35.2 Å². The Bertz CT molecular complexity index is 1580. The van der Waals surface area contributed by atoms with Crippen LogP contribution in [0.25, 0.3) is 0 Å². The molecule has 1 fully saturated rings. The van der Waals surface area contributed by atoms with E-state index in [0.717, 1.165) is 11.8 Å². The Morgan fingerprint density at radius 3 is 2.75 bits per heavy atom. The number of aliphatic hydroxyl groups is 1. The topological polar surface area (TPSA) is 168 Å². The molecule has 4 N–H and O–H groups in total. The molecule has 0 radical (unpaired) electrons. The van der Waals surface area contributed by atoms with Gasteiger partial charge in [0.05, 0.1) is 27.7 Å². The third kappa shape index (κ3) is 8.52. The summed E-state index contributed by atoms with van der Waals surface area (Å²) in [5.74, 6) is 3.82. The van der Waals surface area contributed by atoms with Crippen molar-refractivity contribution in [3.63, 3.8) is 0 Å². The van der Waals surface area contributed by atoms with Crippen LogP contribution in [-0.2, 0) is 19.3 Å². The zero-order valence-electron chi connectivity index (χ0n) is 22.5. The summed E-state index contributed by atoms with van der Waals surface area (Å²) in [5.41, 5.74) is 8.00. The number of likely N-dealkylation sites (tertiary alicyclic amines) is 1. The number of furan rings is 1. The largest absolute Gasteiger partial charge is 0.459 e. The fourth-order valence-electron chi connectivity index (χ4n) is 3.55. The van der Waals surface area contributed by atoms with Crippen LogP contribution >= 0.6 is 0 Å². The molecule has 3 rings (SSSR count). The van der Waals surface area contributed by atoms with Gasteiger partial charge in [0.1, 0.15) is 11.6 Å². The lowest BCUT2D eigenvalue weighted by atomic mass is 10.1. The number of anilines is 1. The fraction of sp³-hybridized carbons (Fsp3) is 0.286. The summed E-state index contributed by atoms with van der Waals surface area (Å²) in [6.45, 7) is 7.53. The lowest BCUT2D eigenvalue weighted by molar-refractivity contribution is -0.127. The van der Waals surface area contributed by atoms with Crippen molar-refractivity contribution < 1.29 is 28.1 Å². The Balaban J connectivity index is 1.62. The molecule has 210 valence electrons. The van der Waals surface area contributed by atoms with Crippen LogP contribution in [-0.4, -0.2) is 69.0 Å². The van der Waals surface area contributed by atoms with Gasteiger partial charge in [-0.15, -0.1) is 0 Å². The van der Waals surface area contributed by atoms with Crippen molar-refractivity contribution >= 4 is 39.0 Å². The molecular formula is C28H31N5O6S. The van der Waals surface area contributed by atoms with Gasteiger partial charge in [-0.2, -0.15) is 4.36 Å². The van der Waals surface area contributed by atoms with Gasteiger partial charge < -0.3 is 25.5 Å². The third-order valence-corrected chi connectivity index (χ3v) is 7.11. The van der Waals surface area contributed by atoms with Gasteiger partial charge in [0.15, 0.2) is 5.76 Å². The van der Waals surface area contributed by atoms with Gasteiger partial charge in [-0.05, 0) is 44.5 Å². The predicted molar refractivity (Wildman–Crippen MR) is 153 cm³/mol. The van der Waals surface area contributed by atoms with E-state index < -0.39 is 33.4 Å². The van der Waals surface area contributed by atoms with E-state index in [1.165, 1.54) is 24.3 Å². The van der Waals surface area contributed by atoms with Crippen LogP contribution in [0.2, 0.25) is 0 Å². The lowest BCUT2D eigenvalue weighted by Crippen LogP contribution is -2.34. The number of nitrogens with one attached hydrogen (secondary N) is 1. The quantitative estimate of drug-likeness (QED) is 0.200. The molecule has 0 aliphatic carbocycles. The highest BCUT2D eigenvalue weighted by molar-refractivity contribution is 7.93. The van der Waals surface area contributed by atoms with Gasteiger partial charge in [0, 0.05) is 47.9 Å². The Labute approximate surface area is 233 Å². The molecule has 2 atom stereocenters. The normalized spacial score (nSPS) is 16.9. The van der Waals surface area contributed by atoms with E-state index in [0.29, 0.717) is 24.2 Å². The van der Waals surface area contributed by atoms with Crippen LogP contribution < -0.4 is 11.1 Å². The number of nitrogens with two attached hydrogens (primary N) is 1. The highest BCUT2D eigenvalue weighted by Gasteiger charge is 2.26. The summed E-state index contributed by atoms with van der Waals surface area (Å²) in [7, 11) is -3.14. The molecule has 40 heavy (non-hydrogen) atoms. The van der Waals surface area contributed by atoms with Crippen molar-refractivity contribution in [1.82, 2.24) is 4.90 Å². The van der Waals surface area contributed by atoms with E-state index in [1.54, 1.807) is 37.3 Å². The van der Waals surface area contributed by atoms with Crippen LogP contribution in [0.15, 0.2) is 74.3 Å². The average molecular weight is 566 g/mol. The molecule has 1 aliphatic rings. The number of aliphatic hydroxyl groups excluding tert-OH is 1. The monoisotopic (exact) mass is 565 g/mol. The number of rotatable bonds is 7. The number of carbonyl (C=O) groups is 3. The number of hydrogen-bond acceptors (Lipinski definition) is 7.